The Morgan fingerprint density at radius 3 is 2.89 bits per heavy atom. The molecule has 1 heterocycles. The number of terminal acetylenes is 1. The fraction of sp³-hybridized carbons (Fsp3) is 0.867. The lowest BCUT2D eigenvalue weighted by Crippen LogP contribution is -2.42. The number of aliphatic hydroxyl groups is 1. The van der Waals surface area contributed by atoms with Crippen molar-refractivity contribution in [2.24, 2.45) is 5.92 Å². The zero-order valence-electron chi connectivity index (χ0n) is 12.0. The summed E-state index contributed by atoms with van der Waals surface area (Å²) in [6, 6.07) is 0. The molecule has 0 unspecified atom stereocenters. The first-order valence-corrected chi connectivity index (χ1v) is 7.01. The molecule has 0 amide bonds. The summed E-state index contributed by atoms with van der Waals surface area (Å²) in [6.45, 7) is 9.33. The Hall–Kier alpha value is -0.560. The van der Waals surface area contributed by atoms with Crippen molar-refractivity contribution < 1.29 is 9.84 Å². The lowest BCUT2D eigenvalue weighted by Gasteiger charge is -2.33. The van der Waals surface area contributed by atoms with E-state index in [-0.39, 0.29) is 0 Å². The van der Waals surface area contributed by atoms with Gasteiger partial charge in [0, 0.05) is 13.1 Å². The summed E-state index contributed by atoms with van der Waals surface area (Å²) in [4.78, 5) is 2.32. The highest BCUT2D eigenvalue weighted by molar-refractivity contribution is 5.05. The van der Waals surface area contributed by atoms with Gasteiger partial charge in [-0.05, 0) is 38.6 Å². The second-order valence-electron chi connectivity index (χ2n) is 5.70. The normalized spacial score (nSPS) is 26.3. The summed E-state index contributed by atoms with van der Waals surface area (Å²) >= 11 is 0. The van der Waals surface area contributed by atoms with Crippen LogP contribution in [0.25, 0.3) is 0 Å². The summed E-state index contributed by atoms with van der Waals surface area (Å²) in [5.41, 5.74) is -0.545. The molecular weight excluding hydrogens is 226 g/mol. The molecule has 1 aliphatic heterocycles. The molecule has 0 aromatic rings. The van der Waals surface area contributed by atoms with E-state index in [1.807, 2.05) is 13.8 Å². The number of likely N-dealkylation sites (tertiary alicyclic amines) is 1. The summed E-state index contributed by atoms with van der Waals surface area (Å²) in [5.74, 6) is 3.38. The molecular formula is C15H27NO2. The minimum Gasteiger partial charge on any atom is -0.389 e. The Morgan fingerprint density at radius 2 is 2.33 bits per heavy atom. The molecule has 3 atom stereocenters. The molecule has 0 aromatic heterocycles. The van der Waals surface area contributed by atoms with Gasteiger partial charge in [-0.2, -0.15) is 0 Å². The van der Waals surface area contributed by atoms with E-state index in [1.165, 1.54) is 12.8 Å². The van der Waals surface area contributed by atoms with Crippen LogP contribution in [-0.4, -0.2) is 48.0 Å². The standard InChI is InChI=1S/C15H27NO2/c1-5-15(4,6-2)18-12-14(17)11-16-9-7-8-13(3)10-16/h1,13-14,17H,6-12H2,2-4H3/t13-,14-,15+/m0/s1. The Morgan fingerprint density at radius 1 is 1.61 bits per heavy atom. The summed E-state index contributed by atoms with van der Waals surface area (Å²) < 4.78 is 5.65. The molecule has 0 bridgehead atoms. The molecule has 1 N–H and O–H groups in total. The maximum absolute atomic E-state index is 10.0. The summed E-state index contributed by atoms with van der Waals surface area (Å²) in [5, 5.41) is 10.0. The molecule has 3 nitrogen and oxygen atoms in total. The predicted molar refractivity (Wildman–Crippen MR) is 74.3 cm³/mol. The predicted octanol–water partition coefficient (Wildman–Crippen LogP) is 1.90. The molecule has 1 fully saturated rings. The van der Waals surface area contributed by atoms with Gasteiger partial charge in [-0.3, -0.25) is 0 Å². The van der Waals surface area contributed by atoms with Crippen LogP contribution in [-0.2, 0) is 4.74 Å². The monoisotopic (exact) mass is 253 g/mol. The van der Waals surface area contributed by atoms with Crippen molar-refractivity contribution in [3.8, 4) is 12.3 Å². The molecule has 18 heavy (non-hydrogen) atoms. The molecule has 0 radical (unpaired) electrons. The second-order valence-corrected chi connectivity index (χ2v) is 5.70. The first-order valence-electron chi connectivity index (χ1n) is 7.01. The Kier molecular flexibility index (Phi) is 6.14. The Labute approximate surface area is 112 Å². The molecule has 0 aromatic carbocycles. The third-order valence-corrected chi connectivity index (χ3v) is 3.78. The fourth-order valence-corrected chi connectivity index (χ4v) is 2.33. The van der Waals surface area contributed by atoms with Crippen molar-refractivity contribution in [3.05, 3.63) is 0 Å². The third kappa shape index (κ3) is 4.97. The minimum absolute atomic E-state index is 0.319. The zero-order valence-corrected chi connectivity index (χ0v) is 12.0. The van der Waals surface area contributed by atoms with Gasteiger partial charge < -0.3 is 14.7 Å². The summed E-state index contributed by atoms with van der Waals surface area (Å²) in [7, 11) is 0. The third-order valence-electron chi connectivity index (χ3n) is 3.78. The van der Waals surface area contributed by atoms with E-state index >= 15 is 0 Å². The van der Waals surface area contributed by atoms with Gasteiger partial charge in [0.1, 0.15) is 5.60 Å². The van der Waals surface area contributed by atoms with E-state index in [2.05, 4.69) is 17.7 Å². The van der Waals surface area contributed by atoms with Crippen LogP contribution in [0.15, 0.2) is 0 Å². The number of nitrogens with zero attached hydrogens (tertiary/aromatic N) is 1. The van der Waals surface area contributed by atoms with Gasteiger partial charge in [0.05, 0.1) is 12.7 Å². The number of aliphatic hydroxyl groups excluding tert-OH is 1. The Bertz CT molecular complexity index is 287. The van der Waals surface area contributed by atoms with Crippen molar-refractivity contribution >= 4 is 0 Å². The second kappa shape index (κ2) is 7.13. The molecule has 0 aliphatic carbocycles. The van der Waals surface area contributed by atoms with Crippen molar-refractivity contribution in [1.29, 1.82) is 0 Å². The highest BCUT2D eigenvalue weighted by Gasteiger charge is 2.23. The average molecular weight is 253 g/mol. The number of piperidine rings is 1. The smallest absolute Gasteiger partial charge is 0.125 e. The molecule has 1 rings (SSSR count). The van der Waals surface area contributed by atoms with Gasteiger partial charge in [-0.15, -0.1) is 6.42 Å². The van der Waals surface area contributed by atoms with Crippen molar-refractivity contribution in [2.45, 2.75) is 51.7 Å². The van der Waals surface area contributed by atoms with E-state index < -0.39 is 11.7 Å². The van der Waals surface area contributed by atoms with E-state index in [0.717, 1.165) is 25.4 Å². The van der Waals surface area contributed by atoms with Crippen molar-refractivity contribution in [2.75, 3.05) is 26.2 Å². The maximum atomic E-state index is 10.0. The number of β-amino-alcohol motifs (C(OH)–C–C–N with tert-alkyl or cyclic N) is 1. The highest BCUT2D eigenvalue weighted by atomic mass is 16.5. The topological polar surface area (TPSA) is 32.7 Å². The zero-order chi connectivity index (χ0) is 13.6. The van der Waals surface area contributed by atoms with Crippen LogP contribution in [0.2, 0.25) is 0 Å². The van der Waals surface area contributed by atoms with E-state index in [9.17, 15) is 5.11 Å². The van der Waals surface area contributed by atoms with Crippen LogP contribution in [0.5, 0.6) is 0 Å². The highest BCUT2D eigenvalue weighted by Crippen LogP contribution is 2.17. The fourth-order valence-electron chi connectivity index (χ4n) is 2.33. The van der Waals surface area contributed by atoms with Crippen LogP contribution in [0.4, 0.5) is 0 Å². The average Bonchev–Trinajstić information content (AvgIpc) is 2.36. The Balaban J connectivity index is 2.29. The largest absolute Gasteiger partial charge is 0.389 e. The number of hydrogen-bond donors (Lipinski definition) is 1. The molecule has 3 heteroatoms. The van der Waals surface area contributed by atoms with Crippen molar-refractivity contribution in [1.82, 2.24) is 4.90 Å². The van der Waals surface area contributed by atoms with Crippen LogP contribution in [0.1, 0.15) is 40.0 Å². The quantitative estimate of drug-likeness (QED) is 0.734. The summed E-state index contributed by atoms with van der Waals surface area (Å²) in [6.07, 6.45) is 8.28. The van der Waals surface area contributed by atoms with Crippen LogP contribution in [0, 0.1) is 18.3 Å². The number of ether oxygens (including phenoxy) is 1. The molecule has 1 aliphatic rings. The van der Waals surface area contributed by atoms with Crippen molar-refractivity contribution in [3.63, 3.8) is 0 Å². The van der Waals surface area contributed by atoms with Gasteiger partial charge >= 0.3 is 0 Å². The molecule has 0 spiro atoms. The SMILES string of the molecule is C#C[C@](C)(CC)OC[C@@H](O)CN1CCC[C@H](C)C1. The maximum Gasteiger partial charge on any atom is 0.125 e. The van der Waals surface area contributed by atoms with E-state index in [0.29, 0.717) is 13.2 Å². The van der Waals surface area contributed by atoms with Crippen LogP contribution >= 0.6 is 0 Å². The minimum atomic E-state index is -0.545. The van der Waals surface area contributed by atoms with Gasteiger partial charge in [-0.1, -0.05) is 19.8 Å². The molecule has 1 saturated heterocycles. The van der Waals surface area contributed by atoms with E-state index in [4.69, 9.17) is 11.2 Å². The molecule has 104 valence electrons. The van der Waals surface area contributed by atoms with Gasteiger partial charge in [0.25, 0.3) is 0 Å². The van der Waals surface area contributed by atoms with Gasteiger partial charge in [-0.25, -0.2) is 0 Å². The first kappa shape index (κ1) is 15.5. The van der Waals surface area contributed by atoms with Gasteiger partial charge in [0.15, 0.2) is 0 Å². The van der Waals surface area contributed by atoms with Crippen LogP contribution < -0.4 is 0 Å². The molecule has 0 saturated carbocycles. The first-order chi connectivity index (χ1) is 8.49. The van der Waals surface area contributed by atoms with E-state index in [1.54, 1.807) is 0 Å². The van der Waals surface area contributed by atoms with Gasteiger partial charge in [0.2, 0.25) is 0 Å². The number of rotatable bonds is 6. The lowest BCUT2D eigenvalue weighted by molar-refractivity contribution is -0.0494. The van der Waals surface area contributed by atoms with Crippen LogP contribution in [0.3, 0.4) is 0 Å². The number of hydrogen-bond acceptors (Lipinski definition) is 3. The lowest BCUT2D eigenvalue weighted by atomic mass is 10.00.